The van der Waals surface area contributed by atoms with Crippen LogP contribution in [0.1, 0.15) is 39.2 Å². The van der Waals surface area contributed by atoms with Gasteiger partial charge in [0.2, 0.25) is 0 Å². The average molecular weight is 280 g/mol. The van der Waals surface area contributed by atoms with Crippen LogP contribution >= 0.6 is 0 Å². The number of halogens is 1. The fourth-order valence-corrected chi connectivity index (χ4v) is 2.16. The van der Waals surface area contributed by atoms with E-state index in [0.29, 0.717) is 12.1 Å². The van der Waals surface area contributed by atoms with Crippen molar-refractivity contribution in [2.75, 3.05) is 20.1 Å². The molecular formula is C17H29FN2. The summed E-state index contributed by atoms with van der Waals surface area (Å²) in [5, 5.41) is 3.48. The lowest BCUT2D eigenvalue weighted by Gasteiger charge is -2.21. The summed E-state index contributed by atoms with van der Waals surface area (Å²) in [6, 6.07) is 7.96. The molecule has 0 aliphatic heterocycles. The van der Waals surface area contributed by atoms with E-state index in [1.165, 1.54) is 18.9 Å². The molecule has 0 amide bonds. The highest BCUT2D eigenvalue weighted by Crippen LogP contribution is 2.09. The Bertz CT molecular complexity index is 379. The van der Waals surface area contributed by atoms with Gasteiger partial charge in [-0.25, -0.2) is 4.39 Å². The minimum atomic E-state index is -0.0975. The summed E-state index contributed by atoms with van der Waals surface area (Å²) in [6.45, 7) is 8.69. The van der Waals surface area contributed by atoms with Gasteiger partial charge in [-0.15, -0.1) is 0 Å². The van der Waals surface area contributed by atoms with Crippen molar-refractivity contribution in [3.63, 3.8) is 0 Å². The van der Waals surface area contributed by atoms with E-state index in [9.17, 15) is 4.39 Å². The van der Waals surface area contributed by atoms with Crippen LogP contribution in [-0.4, -0.2) is 37.1 Å². The van der Waals surface area contributed by atoms with Gasteiger partial charge in [0, 0.05) is 12.1 Å². The quantitative estimate of drug-likeness (QED) is 0.697. The molecule has 0 saturated carbocycles. The molecule has 0 saturated heterocycles. The van der Waals surface area contributed by atoms with E-state index in [4.69, 9.17) is 0 Å². The standard InChI is InChI=1S/C17H29FN2/c1-14(2)20(4)12-8-7-11-19-15(3)13-16-9-5-6-10-17(16)18/h5-6,9-10,14-15,19H,7-8,11-13H2,1-4H3. The molecule has 1 rings (SSSR count). The monoisotopic (exact) mass is 280 g/mol. The van der Waals surface area contributed by atoms with Crippen molar-refractivity contribution in [2.24, 2.45) is 0 Å². The van der Waals surface area contributed by atoms with Crippen LogP contribution in [0.2, 0.25) is 0 Å². The third kappa shape index (κ3) is 6.49. The first-order valence-corrected chi connectivity index (χ1v) is 7.67. The van der Waals surface area contributed by atoms with Crippen LogP contribution in [-0.2, 0) is 6.42 Å². The van der Waals surface area contributed by atoms with Gasteiger partial charge in [0.1, 0.15) is 5.82 Å². The van der Waals surface area contributed by atoms with Gasteiger partial charge in [0.15, 0.2) is 0 Å². The van der Waals surface area contributed by atoms with Crippen LogP contribution < -0.4 is 5.32 Å². The Hall–Kier alpha value is -0.930. The topological polar surface area (TPSA) is 15.3 Å². The van der Waals surface area contributed by atoms with E-state index in [1.54, 1.807) is 6.07 Å². The van der Waals surface area contributed by atoms with Crippen molar-refractivity contribution in [1.82, 2.24) is 10.2 Å². The highest BCUT2D eigenvalue weighted by molar-refractivity contribution is 5.18. The summed E-state index contributed by atoms with van der Waals surface area (Å²) >= 11 is 0. The summed E-state index contributed by atoms with van der Waals surface area (Å²) < 4.78 is 13.5. The second kappa shape index (κ2) is 9.09. The van der Waals surface area contributed by atoms with Gasteiger partial charge in [0.25, 0.3) is 0 Å². The molecule has 1 unspecified atom stereocenters. The zero-order valence-corrected chi connectivity index (χ0v) is 13.3. The van der Waals surface area contributed by atoms with Gasteiger partial charge >= 0.3 is 0 Å². The maximum absolute atomic E-state index is 13.5. The fourth-order valence-electron chi connectivity index (χ4n) is 2.16. The van der Waals surface area contributed by atoms with Gasteiger partial charge in [-0.05, 0) is 71.8 Å². The van der Waals surface area contributed by atoms with E-state index < -0.39 is 0 Å². The van der Waals surface area contributed by atoms with Gasteiger partial charge in [-0.2, -0.15) is 0 Å². The molecule has 0 spiro atoms. The highest BCUT2D eigenvalue weighted by atomic mass is 19.1. The molecule has 0 aliphatic carbocycles. The first-order chi connectivity index (χ1) is 9.50. The number of rotatable bonds is 9. The Labute approximate surface area is 123 Å². The van der Waals surface area contributed by atoms with Gasteiger partial charge in [0.05, 0.1) is 0 Å². The molecule has 1 N–H and O–H groups in total. The summed E-state index contributed by atoms with van der Waals surface area (Å²) in [6.07, 6.45) is 3.12. The van der Waals surface area contributed by atoms with Crippen molar-refractivity contribution in [3.05, 3.63) is 35.6 Å². The van der Waals surface area contributed by atoms with Crippen molar-refractivity contribution < 1.29 is 4.39 Å². The number of nitrogens with zero attached hydrogens (tertiary/aromatic N) is 1. The zero-order valence-electron chi connectivity index (χ0n) is 13.3. The first kappa shape index (κ1) is 17.1. The molecule has 1 aromatic rings. The second-order valence-electron chi connectivity index (χ2n) is 5.93. The SMILES string of the molecule is CC(Cc1ccccc1F)NCCCCN(C)C(C)C. The Balaban J connectivity index is 2.15. The van der Waals surface area contributed by atoms with Crippen LogP contribution in [0.4, 0.5) is 4.39 Å². The molecular weight excluding hydrogens is 251 g/mol. The minimum absolute atomic E-state index is 0.0975. The van der Waals surface area contributed by atoms with Crippen LogP contribution in [0.25, 0.3) is 0 Å². The highest BCUT2D eigenvalue weighted by Gasteiger charge is 2.07. The Morgan fingerprint density at radius 3 is 2.50 bits per heavy atom. The Morgan fingerprint density at radius 1 is 1.15 bits per heavy atom. The molecule has 3 heteroatoms. The second-order valence-corrected chi connectivity index (χ2v) is 5.93. The smallest absolute Gasteiger partial charge is 0.126 e. The van der Waals surface area contributed by atoms with Crippen LogP contribution in [0.5, 0.6) is 0 Å². The van der Waals surface area contributed by atoms with E-state index in [-0.39, 0.29) is 5.82 Å². The van der Waals surface area contributed by atoms with Crippen LogP contribution in [0.15, 0.2) is 24.3 Å². The third-order valence-corrected chi connectivity index (χ3v) is 3.80. The Morgan fingerprint density at radius 2 is 1.85 bits per heavy atom. The van der Waals surface area contributed by atoms with E-state index >= 15 is 0 Å². The lowest BCUT2D eigenvalue weighted by Crippen LogP contribution is -2.31. The summed E-state index contributed by atoms with van der Waals surface area (Å²) in [5.74, 6) is -0.0975. The predicted molar refractivity (Wildman–Crippen MR) is 84.6 cm³/mol. The van der Waals surface area contributed by atoms with Crippen molar-refractivity contribution in [1.29, 1.82) is 0 Å². The van der Waals surface area contributed by atoms with E-state index in [0.717, 1.165) is 25.1 Å². The Kier molecular flexibility index (Phi) is 7.78. The molecule has 0 heterocycles. The molecule has 1 atom stereocenters. The zero-order chi connectivity index (χ0) is 15.0. The van der Waals surface area contributed by atoms with Crippen molar-refractivity contribution >= 4 is 0 Å². The van der Waals surface area contributed by atoms with Gasteiger partial charge in [-0.3, -0.25) is 0 Å². The van der Waals surface area contributed by atoms with Crippen molar-refractivity contribution in [2.45, 2.75) is 52.1 Å². The van der Waals surface area contributed by atoms with Crippen molar-refractivity contribution in [3.8, 4) is 0 Å². The fraction of sp³-hybridized carbons (Fsp3) is 0.647. The molecule has 114 valence electrons. The molecule has 0 aliphatic rings. The minimum Gasteiger partial charge on any atom is -0.314 e. The molecule has 2 nitrogen and oxygen atoms in total. The largest absolute Gasteiger partial charge is 0.314 e. The molecule has 0 radical (unpaired) electrons. The summed E-state index contributed by atoms with van der Waals surface area (Å²) in [5.41, 5.74) is 0.798. The first-order valence-electron chi connectivity index (χ1n) is 7.67. The number of nitrogens with one attached hydrogen (secondary N) is 1. The van der Waals surface area contributed by atoms with Gasteiger partial charge in [-0.1, -0.05) is 18.2 Å². The summed E-state index contributed by atoms with van der Waals surface area (Å²) in [4.78, 5) is 2.36. The van der Waals surface area contributed by atoms with Crippen LogP contribution in [0, 0.1) is 5.82 Å². The third-order valence-electron chi connectivity index (χ3n) is 3.80. The van der Waals surface area contributed by atoms with Crippen LogP contribution in [0.3, 0.4) is 0 Å². The molecule has 1 aromatic carbocycles. The number of hydrogen-bond donors (Lipinski definition) is 1. The molecule has 0 bridgehead atoms. The number of benzene rings is 1. The molecule has 20 heavy (non-hydrogen) atoms. The van der Waals surface area contributed by atoms with E-state index in [2.05, 4.69) is 38.0 Å². The molecule has 0 fully saturated rings. The lowest BCUT2D eigenvalue weighted by atomic mass is 10.1. The molecule has 0 aromatic heterocycles. The van der Waals surface area contributed by atoms with Gasteiger partial charge < -0.3 is 10.2 Å². The lowest BCUT2D eigenvalue weighted by molar-refractivity contribution is 0.267. The summed E-state index contributed by atoms with van der Waals surface area (Å²) in [7, 11) is 2.17. The normalized spacial score (nSPS) is 13.2. The number of unbranched alkanes of at least 4 members (excludes halogenated alkanes) is 1. The predicted octanol–water partition coefficient (Wildman–Crippen LogP) is 3.47. The average Bonchev–Trinajstić information content (AvgIpc) is 2.40. The maximum Gasteiger partial charge on any atom is 0.126 e. The number of hydrogen-bond acceptors (Lipinski definition) is 2. The maximum atomic E-state index is 13.5. The van der Waals surface area contributed by atoms with E-state index in [1.807, 2.05) is 12.1 Å².